The molecule has 0 aliphatic heterocycles. The largest absolute Gasteiger partial charge is 0.478 e. The number of hydrogen-bond donors (Lipinski definition) is 2. The molecule has 0 fully saturated rings. The summed E-state index contributed by atoms with van der Waals surface area (Å²) in [6, 6.07) is 9.31. The Labute approximate surface area is 124 Å². The molecule has 0 aliphatic rings. The molecule has 0 bridgehead atoms. The number of H-pyrrole nitrogens is 1. The van der Waals surface area contributed by atoms with Crippen molar-refractivity contribution in [3.63, 3.8) is 0 Å². The number of carboxylic acid groups (broad SMARTS) is 1. The maximum absolute atomic E-state index is 11.2. The standard InChI is InChI=1S/C15H11N3O4/c1-8-2-5-13(18(21)22)11(6-8)14-10-4-3-9(15(19)20)7-12(10)16-17-14/h2-7H,1H3,(H,16,17)(H,19,20). The second-order valence-electron chi connectivity index (χ2n) is 4.92. The van der Waals surface area contributed by atoms with Crippen molar-refractivity contribution in [3.05, 3.63) is 57.6 Å². The summed E-state index contributed by atoms with van der Waals surface area (Å²) in [5.74, 6) is -1.04. The van der Waals surface area contributed by atoms with Crippen molar-refractivity contribution in [1.29, 1.82) is 0 Å². The molecule has 0 radical (unpaired) electrons. The summed E-state index contributed by atoms with van der Waals surface area (Å²) in [5.41, 5.74) is 2.31. The first kappa shape index (κ1) is 13.7. The number of fused-ring (bicyclic) bond motifs is 1. The predicted octanol–water partition coefficient (Wildman–Crippen LogP) is 3.14. The minimum absolute atomic E-state index is 0.0405. The number of nitro benzene ring substituents is 1. The van der Waals surface area contributed by atoms with Gasteiger partial charge in [0.2, 0.25) is 0 Å². The van der Waals surface area contributed by atoms with E-state index in [9.17, 15) is 14.9 Å². The molecule has 0 saturated carbocycles. The lowest BCUT2D eigenvalue weighted by Crippen LogP contribution is -1.95. The third kappa shape index (κ3) is 2.18. The second-order valence-corrected chi connectivity index (χ2v) is 4.92. The van der Waals surface area contributed by atoms with E-state index in [1.54, 1.807) is 18.2 Å². The van der Waals surface area contributed by atoms with Crippen LogP contribution in [0.15, 0.2) is 36.4 Å². The van der Waals surface area contributed by atoms with E-state index in [0.29, 0.717) is 22.2 Å². The van der Waals surface area contributed by atoms with Gasteiger partial charge in [0.25, 0.3) is 5.69 Å². The van der Waals surface area contributed by atoms with E-state index >= 15 is 0 Å². The Morgan fingerprint density at radius 1 is 1.27 bits per heavy atom. The number of aryl methyl sites for hydroxylation is 1. The number of rotatable bonds is 3. The highest BCUT2D eigenvalue weighted by Gasteiger charge is 2.20. The van der Waals surface area contributed by atoms with Gasteiger partial charge in [-0.15, -0.1) is 0 Å². The number of nitrogens with one attached hydrogen (secondary N) is 1. The molecule has 7 nitrogen and oxygen atoms in total. The van der Waals surface area contributed by atoms with Crippen LogP contribution in [0.1, 0.15) is 15.9 Å². The Morgan fingerprint density at radius 3 is 2.73 bits per heavy atom. The number of nitro groups is 1. The fourth-order valence-corrected chi connectivity index (χ4v) is 2.36. The van der Waals surface area contributed by atoms with Crippen molar-refractivity contribution in [2.75, 3.05) is 0 Å². The minimum Gasteiger partial charge on any atom is -0.478 e. The third-order valence-electron chi connectivity index (χ3n) is 3.41. The zero-order chi connectivity index (χ0) is 15.9. The van der Waals surface area contributed by atoms with Crippen LogP contribution in [0.3, 0.4) is 0 Å². The van der Waals surface area contributed by atoms with Gasteiger partial charge >= 0.3 is 5.97 Å². The molecule has 0 unspecified atom stereocenters. The summed E-state index contributed by atoms with van der Waals surface area (Å²) in [4.78, 5) is 21.7. The van der Waals surface area contributed by atoms with Crippen LogP contribution < -0.4 is 0 Å². The average molecular weight is 297 g/mol. The quantitative estimate of drug-likeness (QED) is 0.570. The fourth-order valence-electron chi connectivity index (χ4n) is 2.36. The molecule has 0 atom stereocenters. The first-order valence-electron chi connectivity index (χ1n) is 6.44. The molecule has 7 heteroatoms. The Morgan fingerprint density at radius 2 is 2.05 bits per heavy atom. The smallest absolute Gasteiger partial charge is 0.335 e. The molecule has 3 rings (SSSR count). The average Bonchev–Trinajstić information content (AvgIpc) is 2.89. The SMILES string of the molecule is Cc1ccc([N+](=O)[O-])c(-c2n[nH]c3cc(C(=O)O)ccc23)c1. The molecular weight excluding hydrogens is 286 g/mol. The Kier molecular flexibility index (Phi) is 3.10. The van der Waals surface area contributed by atoms with Gasteiger partial charge in [0, 0.05) is 11.5 Å². The number of aromatic nitrogens is 2. The monoisotopic (exact) mass is 297 g/mol. The van der Waals surface area contributed by atoms with Crippen molar-refractivity contribution in [2.45, 2.75) is 6.92 Å². The van der Waals surface area contributed by atoms with Crippen molar-refractivity contribution >= 4 is 22.6 Å². The van der Waals surface area contributed by atoms with E-state index in [1.165, 1.54) is 18.2 Å². The molecule has 110 valence electrons. The van der Waals surface area contributed by atoms with Gasteiger partial charge in [-0.2, -0.15) is 5.10 Å². The zero-order valence-corrected chi connectivity index (χ0v) is 11.5. The van der Waals surface area contributed by atoms with Crippen LogP contribution in [0.25, 0.3) is 22.2 Å². The van der Waals surface area contributed by atoms with Gasteiger partial charge < -0.3 is 5.11 Å². The number of carbonyl (C=O) groups is 1. The number of carboxylic acids is 1. The highest BCUT2D eigenvalue weighted by Crippen LogP contribution is 2.34. The number of nitrogens with zero attached hydrogens (tertiary/aromatic N) is 2. The van der Waals surface area contributed by atoms with Crippen LogP contribution in [0.5, 0.6) is 0 Å². The Bertz CT molecular complexity index is 914. The van der Waals surface area contributed by atoms with Gasteiger partial charge in [-0.25, -0.2) is 4.79 Å². The van der Waals surface area contributed by atoms with E-state index in [1.807, 2.05) is 6.92 Å². The van der Waals surface area contributed by atoms with Crippen LogP contribution in [0.2, 0.25) is 0 Å². The number of hydrogen-bond acceptors (Lipinski definition) is 4. The normalized spacial score (nSPS) is 10.8. The summed E-state index contributed by atoms with van der Waals surface area (Å²) in [5, 5.41) is 27.7. The highest BCUT2D eigenvalue weighted by molar-refractivity contribution is 5.99. The molecule has 0 saturated heterocycles. The fraction of sp³-hybridized carbons (Fsp3) is 0.0667. The van der Waals surface area contributed by atoms with E-state index in [2.05, 4.69) is 10.2 Å². The Balaban J connectivity index is 2.25. The van der Waals surface area contributed by atoms with Crippen LogP contribution >= 0.6 is 0 Å². The molecule has 22 heavy (non-hydrogen) atoms. The van der Waals surface area contributed by atoms with Crippen LogP contribution in [0, 0.1) is 17.0 Å². The molecule has 2 aromatic carbocycles. The third-order valence-corrected chi connectivity index (χ3v) is 3.41. The molecule has 1 aromatic heterocycles. The van der Waals surface area contributed by atoms with Crippen LogP contribution in [-0.4, -0.2) is 26.2 Å². The van der Waals surface area contributed by atoms with E-state index in [0.717, 1.165) is 5.56 Å². The maximum atomic E-state index is 11.2. The first-order valence-corrected chi connectivity index (χ1v) is 6.44. The van der Waals surface area contributed by atoms with E-state index in [4.69, 9.17) is 5.11 Å². The molecule has 0 aliphatic carbocycles. The summed E-state index contributed by atoms with van der Waals surface area (Å²) in [7, 11) is 0. The van der Waals surface area contributed by atoms with Gasteiger partial charge in [-0.05, 0) is 36.8 Å². The predicted molar refractivity (Wildman–Crippen MR) is 79.9 cm³/mol. The minimum atomic E-state index is -1.04. The van der Waals surface area contributed by atoms with Gasteiger partial charge in [0.15, 0.2) is 0 Å². The van der Waals surface area contributed by atoms with E-state index in [-0.39, 0.29) is 11.3 Å². The van der Waals surface area contributed by atoms with Gasteiger partial charge in [0.05, 0.1) is 21.6 Å². The van der Waals surface area contributed by atoms with Crippen molar-refractivity contribution < 1.29 is 14.8 Å². The van der Waals surface area contributed by atoms with Crippen molar-refractivity contribution in [1.82, 2.24) is 10.2 Å². The van der Waals surface area contributed by atoms with Gasteiger partial charge in [-0.1, -0.05) is 6.07 Å². The van der Waals surface area contributed by atoms with Crippen molar-refractivity contribution in [2.24, 2.45) is 0 Å². The number of aromatic amines is 1. The summed E-state index contributed by atoms with van der Waals surface area (Å²) in [6.45, 7) is 1.84. The van der Waals surface area contributed by atoms with E-state index < -0.39 is 10.9 Å². The van der Waals surface area contributed by atoms with Gasteiger partial charge in [-0.3, -0.25) is 15.2 Å². The highest BCUT2D eigenvalue weighted by atomic mass is 16.6. The summed E-state index contributed by atoms with van der Waals surface area (Å²) >= 11 is 0. The number of aromatic carboxylic acids is 1. The van der Waals surface area contributed by atoms with Crippen LogP contribution in [0.4, 0.5) is 5.69 Å². The first-order chi connectivity index (χ1) is 10.5. The van der Waals surface area contributed by atoms with Crippen molar-refractivity contribution in [3.8, 4) is 11.3 Å². The van der Waals surface area contributed by atoms with Crippen LogP contribution in [-0.2, 0) is 0 Å². The molecule has 2 N–H and O–H groups in total. The molecule has 3 aromatic rings. The summed E-state index contributed by atoms with van der Waals surface area (Å²) in [6.07, 6.45) is 0. The molecule has 1 heterocycles. The zero-order valence-electron chi connectivity index (χ0n) is 11.5. The Hall–Kier alpha value is -3.22. The second kappa shape index (κ2) is 4.96. The molecular formula is C15H11N3O4. The number of benzene rings is 2. The summed E-state index contributed by atoms with van der Waals surface area (Å²) < 4.78 is 0. The molecule has 0 amide bonds. The molecule has 0 spiro atoms. The maximum Gasteiger partial charge on any atom is 0.335 e. The lowest BCUT2D eigenvalue weighted by atomic mass is 10.0. The van der Waals surface area contributed by atoms with Gasteiger partial charge in [0.1, 0.15) is 5.69 Å². The lowest BCUT2D eigenvalue weighted by molar-refractivity contribution is -0.384. The lowest BCUT2D eigenvalue weighted by Gasteiger charge is -2.02. The topological polar surface area (TPSA) is 109 Å².